The van der Waals surface area contributed by atoms with E-state index < -0.39 is 23.9 Å². The van der Waals surface area contributed by atoms with Crippen LogP contribution in [-0.4, -0.2) is 44.3 Å². The molecule has 0 aromatic heterocycles. The number of benzene rings is 4. The average Bonchev–Trinajstić information content (AvgIpc) is 3.71. The molecular formula is C61H72Cl2O10. The predicted octanol–water partition coefficient (Wildman–Crippen LogP) is 15.9. The van der Waals surface area contributed by atoms with E-state index in [-0.39, 0.29) is 57.0 Å². The smallest absolute Gasteiger partial charge is 0.339 e. The first-order valence-corrected chi connectivity index (χ1v) is 27.3. The molecule has 73 heavy (non-hydrogen) atoms. The summed E-state index contributed by atoms with van der Waals surface area (Å²) < 4.78 is 12.0. The van der Waals surface area contributed by atoms with Gasteiger partial charge in [0.25, 0.3) is 0 Å². The van der Waals surface area contributed by atoms with Gasteiger partial charge in [0, 0.05) is 0 Å². The normalized spacial score (nSPS) is 25.7. The number of fused-ring (bicyclic) bond motifs is 5. The monoisotopic (exact) mass is 1030 g/mol. The molecule has 4 saturated carbocycles. The molecule has 0 radical (unpaired) electrons. The molecule has 9 atom stereocenters. The van der Waals surface area contributed by atoms with Gasteiger partial charge in [-0.1, -0.05) is 107 Å². The fourth-order valence-electron chi connectivity index (χ4n) is 14.4. The Bertz CT molecular complexity index is 2580. The van der Waals surface area contributed by atoms with Crippen molar-refractivity contribution in [3.05, 3.63) is 133 Å². The number of carbonyl (C=O) groups is 4. The largest absolute Gasteiger partial charge is 0.486 e. The van der Waals surface area contributed by atoms with Crippen LogP contribution in [0.4, 0.5) is 0 Å². The maximum absolute atomic E-state index is 12.9. The van der Waals surface area contributed by atoms with Gasteiger partial charge in [-0.05, 0) is 205 Å². The molecule has 4 aromatic rings. The Balaban J connectivity index is 1.03. The van der Waals surface area contributed by atoms with Crippen LogP contribution in [0, 0.1) is 58.2 Å². The number of hydrogen-bond donors (Lipinski definition) is 4. The van der Waals surface area contributed by atoms with Crippen molar-refractivity contribution in [3.63, 3.8) is 0 Å². The van der Waals surface area contributed by atoms with Gasteiger partial charge in [0.05, 0.1) is 21.2 Å². The average molecular weight is 1040 g/mol. The zero-order chi connectivity index (χ0) is 52.4. The van der Waals surface area contributed by atoms with Gasteiger partial charge in [-0.25, -0.2) is 19.2 Å². The second-order valence-electron chi connectivity index (χ2n) is 22.9. The fourth-order valence-corrected chi connectivity index (χ4v) is 15.0. The Morgan fingerprint density at radius 1 is 0.630 bits per heavy atom. The van der Waals surface area contributed by atoms with Crippen LogP contribution < -0.4 is 9.47 Å². The van der Waals surface area contributed by atoms with Gasteiger partial charge in [0.1, 0.15) is 24.3 Å². The molecule has 4 aliphatic carbocycles. The van der Waals surface area contributed by atoms with Crippen LogP contribution in [0.1, 0.15) is 188 Å². The molecule has 0 unspecified atom stereocenters. The lowest BCUT2D eigenvalue weighted by atomic mass is 9.44. The van der Waals surface area contributed by atoms with E-state index in [1.165, 1.54) is 107 Å². The van der Waals surface area contributed by atoms with E-state index in [4.69, 9.17) is 32.7 Å². The van der Waals surface area contributed by atoms with Crippen molar-refractivity contribution in [2.75, 3.05) is 0 Å². The molecule has 12 heteroatoms. The van der Waals surface area contributed by atoms with Crippen molar-refractivity contribution in [2.45, 2.75) is 138 Å². The molecule has 0 aliphatic heterocycles. The van der Waals surface area contributed by atoms with Crippen LogP contribution in [0.25, 0.3) is 5.57 Å². The second-order valence-corrected chi connectivity index (χ2v) is 23.7. The minimum atomic E-state index is -1.29. The van der Waals surface area contributed by atoms with Gasteiger partial charge in [-0.2, -0.15) is 0 Å². The summed E-state index contributed by atoms with van der Waals surface area (Å²) >= 11 is 13.8. The van der Waals surface area contributed by atoms with E-state index in [1.54, 1.807) is 36.4 Å². The Morgan fingerprint density at radius 3 is 1.66 bits per heavy atom. The summed E-state index contributed by atoms with van der Waals surface area (Å²) in [7, 11) is 0. The van der Waals surface area contributed by atoms with Gasteiger partial charge < -0.3 is 29.9 Å². The van der Waals surface area contributed by atoms with E-state index in [0.29, 0.717) is 56.9 Å². The standard InChI is InChI=1S/C61H72Cl2O10/c1-35(2)8-6-9-36(3)49-22-23-50-46-21-20-44-28-37(24-26-60(44,4)51(46)25-27-61(49,50)5)10-7-11-45(42-29-47(58(68)69)54(52(62)31-42)72-33-38-12-16-40(17-13-38)56(64)65)43-30-48(59(70)71)55(53(63)32-43)73-34-39-14-18-41(19-15-39)57(66)67/h11-19,29-32,35-37,44,46,49-51H,6-10,20-28,33-34H2,1-5H3,(H,64,65)(H,66,67)(H,68,69)(H,70,71)/t36-,37+,44+,46+,49-,50+,51+,60+,61-/m1/s1. The number of hydrogen-bond acceptors (Lipinski definition) is 6. The first-order valence-electron chi connectivity index (χ1n) is 26.5. The predicted molar refractivity (Wildman–Crippen MR) is 285 cm³/mol. The molecule has 4 aromatic carbocycles. The number of carboxylic acids is 4. The fraction of sp³-hybridized carbons (Fsp3) is 0.508. The molecule has 390 valence electrons. The first kappa shape index (κ1) is 54.0. The van der Waals surface area contributed by atoms with Crippen molar-refractivity contribution in [1.29, 1.82) is 0 Å². The third-order valence-corrected chi connectivity index (χ3v) is 18.8. The number of carboxylic acid groups (broad SMARTS) is 4. The van der Waals surface area contributed by atoms with E-state index in [9.17, 15) is 39.6 Å². The van der Waals surface area contributed by atoms with Gasteiger partial charge in [0.2, 0.25) is 0 Å². The molecule has 0 spiro atoms. The molecule has 0 bridgehead atoms. The second kappa shape index (κ2) is 22.7. The highest BCUT2D eigenvalue weighted by Crippen LogP contribution is 2.69. The van der Waals surface area contributed by atoms with Crippen molar-refractivity contribution in [3.8, 4) is 11.5 Å². The zero-order valence-electron chi connectivity index (χ0n) is 42.9. The Morgan fingerprint density at radius 2 is 1.15 bits per heavy atom. The molecule has 0 saturated heterocycles. The van der Waals surface area contributed by atoms with Crippen LogP contribution in [-0.2, 0) is 13.2 Å². The molecule has 4 fully saturated rings. The van der Waals surface area contributed by atoms with Crippen LogP contribution in [0.5, 0.6) is 11.5 Å². The van der Waals surface area contributed by atoms with Crippen molar-refractivity contribution >= 4 is 52.7 Å². The van der Waals surface area contributed by atoms with Crippen LogP contribution >= 0.6 is 23.2 Å². The number of aromatic carboxylic acids is 4. The third kappa shape index (κ3) is 11.7. The number of ether oxygens (including phenoxy) is 2. The highest BCUT2D eigenvalue weighted by Gasteiger charge is 2.60. The maximum atomic E-state index is 12.9. The molecular weight excluding hydrogens is 964 g/mol. The summed E-state index contributed by atoms with van der Waals surface area (Å²) in [6.07, 6.45) is 19.3. The van der Waals surface area contributed by atoms with E-state index in [1.807, 2.05) is 6.08 Å². The maximum Gasteiger partial charge on any atom is 0.339 e. The lowest BCUT2D eigenvalue weighted by Crippen LogP contribution is -2.53. The van der Waals surface area contributed by atoms with E-state index in [2.05, 4.69) is 34.6 Å². The first-order chi connectivity index (χ1) is 34.8. The molecule has 0 amide bonds. The number of rotatable bonds is 20. The third-order valence-electron chi connectivity index (χ3n) is 18.2. The molecule has 8 rings (SSSR count). The SMILES string of the molecule is CC(C)CCC[C@@H](C)[C@H]1CC[C@H]2[C@@H]3CC[C@H]4C[C@@H](CCC=C(c5cc(Cl)c(OCc6ccc(C(=O)O)cc6)c(C(=O)O)c5)c5cc(Cl)c(OCc6ccc(C(=O)O)cc6)c(C(=O)O)c5)CC[C@]4(C)[C@H]3CC[C@]12C. The zero-order valence-corrected chi connectivity index (χ0v) is 44.4. The topological polar surface area (TPSA) is 168 Å². The summed E-state index contributed by atoms with van der Waals surface area (Å²) in [5, 5.41) is 39.8. The Hall–Kier alpha value is -5.32. The Labute approximate surface area is 440 Å². The van der Waals surface area contributed by atoms with Crippen molar-refractivity contribution in [1.82, 2.24) is 0 Å². The van der Waals surface area contributed by atoms with Gasteiger partial charge in [-0.3, -0.25) is 0 Å². The number of allylic oxidation sites excluding steroid dienone is 1. The van der Waals surface area contributed by atoms with Crippen molar-refractivity contribution < 1.29 is 49.1 Å². The molecule has 10 nitrogen and oxygen atoms in total. The number of halogens is 2. The molecule has 4 N–H and O–H groups in total. The van der Waals surface area contributed by atoms with Crippen LogP contribution in [0.2, 0.25) is 10.0 Å². The summed E-state index contributed by atoms with van der Waals surface area (Å²) in [5.74, 6) is 1.18. The quantitative estimate of drug-likeness (QED) is 0.0669. The van der Waals surface area contributed by atoms with E-state index >= 15 is 0 Å². The lowest BCUT2D eigenvalue weighted by molar-refractivity contribution is -0.121. The van der Waals surface area contributed by atoms with E-state index in [0.717, 1.165) is 48.3 Å². The highest BCUT2D eigenvalue weighted by molar-refractivity contribution is 6.33. The molecule has 0 heterocycles. The summed E-state index contributed by atoms with van der Waals surface area (Å²) in [5.41, 5.74) is 3.22. The van der Waals surface area contributed by atoms with Crippen molar-refractivity contribution in [2.24, 2.45) is 58.2 Å². The lowest BCUT2D eigenvalue weighted by Gasteiger charge is -2.61. The summed E-state index contributed by atoms with van der Waals surface area (Å²) in [4.78, 5) is 48.7. The van der Waals surface area contributed by atoms with Crippen LogP contribution in [0.3, 0.4) is 0 Å². The van der Waals surface area contributed by atoms with Gasteiger partial charge in [0.15, 0.2) is 11.5 Å². The highest BCUT2D eigenvalue weighted by atomic mass is 35.5. The minimum absolute atomic E-state index is 0.0239. The Kier molecular flexibility index (Phi) is 16.7. The minimum Gasteiger partial charge on any atom is -0.486 e. The van der Waals surface area contributed by atoms with Crippen LogP contribution in [0.15, 0.2) is 78.9 Å². The molecule has 4 aliphatic rings. The van der Waals surface area contributed by atoms with Gasteiger partial charge >= 0.3 is 23.9 Å². The summed E-state index contributed by atoms with van der Waals surface area (Å²) in [6, 6.07) is 18.3. The summed E-state index contributed by atoms with van der Waals surface area (Å²) in [6.45, 7) is 12.4. The van der Waals surface area contributed by atoms with Gasteiger partial charge in [-0.15, -0.1) is 0 Å².